The smallest absolute Gasteiger partial charge is 0.211 e. The van der Waals surface area contributed by atoms with Gasteiger partial charge < -0.3 is 15.9 Å². The Morgan fingerprint density at radius 1 is 1.26 bits per heavy atom. The summed E-state index contributed by atoms with van der Waals surface area (Å²) in [5.41, 5.74) is 12.5. The summed E-state index contributed by atoms with van der Waals surface area (Å²) in [7, 11) is 0. The Balaban J connectivity index is 2.26. The van der Waals surface area contributed by atoms with Crippen molar-refractivity contribution in [2.45, 2.75) is 6.92 Å². The van der Waals surface area contributed by atoms with Crippen molar-refractivity contribution >= 4 is 28.1 Å². The van der Waals surface area contributed by atoms with Gasteiger partial charge in [0.2, 0.25) is 5.96 Å². The van der Waals surface area contributed by atoms with Crippen molar-refractivity contribution in [3.63, 3.8) is 0 Å². The lowest BCUT2D eigenvalue weighted by Crippen LogP contribution is -2.21. The summed E-state index contributed by atoms with van der Waals surface area (Å²) < 4.78 is 6.62. The van der Waals surface area contributed by atoms with E-state index < -0.39 is 0 Å². The van der Waals surface area contributed by atoms with Gasteiger partial charge in [-0.15, -0.1) is 5.10 Å². The maximum atomic E-state index is 5.64. The van der Waals surface area contributed by atoms with Gasteiger partial charge in [-0.05, 0) is 36.8 Å². The number of nitrogens with zero attached hydrogens (tertiary/aromatic N) is 2. The highest BCUT2D eigenvalue weighted by Crippen LogP contribution is 2.30. The van der Waals surface area contributed by atoms with Crippen LogP contribution in [0.1, 0.15) is 11.3 Å². The molecule has 0 fully saturated rings. The van der Waals surface area contributed by atoms with Gasteiger partial charge in [0.05, 0.1) is 6.21 Å². The van der Waals surface area contributed by atoms with Gasteiger partial charge >= 0.3 is 0 Å². The minimum absolute atomic E-state index is 0.0932. The molecule has 0 saturated heterocycles. The highest BCUT2D eigenvalue weighted by molar-refractivity contribution is 9.10. The molecule has 4 N–H and O–H groups in total. The zero-order valence-corrected chi connectivity index (χ0v) is 11.9. The lowest BCUT2D eigenvalue weighted by Gasteiger charge is -2.01. The summed E-state index contributed by atoms with van der Waals surface area (Å²) in [5, 5.41) is 7.20. The fourth-order valence-corrected chi connectivity index (χ4v) is 2.23. The van der Waals surface area contributed by atoms with Crippen LogP contribution in [0.15, 0.2) is 49.4 Å². The maximum Gasteiger partial charge on any atom is 0.211 e. The minimum Gasteiger partial charge on any atom is -0.455 e. The largest absolute Gasteiger partial charge is 0.455 e. The Bertz CT molecular complexity index is 642. The minimum atomic E-state index is -0.0932. The van der Waals surface area contributed by atoms with Crippen LogP contribution in [-0.4, -0.2) is 12.2 Å². The summed E-state index contributed by atoms with van der Waals surface area (Å²) in [5.74, 6) is 1.23. The average molecular weight is 321 g/mol. The first-order valence-electron chi connectivity index (χ1n) is 5.54. The normalized spacial score (nSPS) is 10.8. The molecule has 6 heteroatoms. The number of hydrogen-bond donors (Lipinski definition) is 2. The second kappa shape index (κ2) is 5.71. The molecule has 0 unspecified atom stereocenters. The number of hydrogen-bond acceptors (Lipinski definition) is 3. The van der Waals surface area contributed by atoms with Gasteiger partial charge in [0, 0.05) is 10.0 Å². The first-order chi connectivity index (χ1) is 9.06. The van der Waals surface area contributed by atoms with E-state index in [1.165, 1.54) is 11.8 Å². The summed E-state index contributed by atoms with van der Waals surface area (Å²) in [6.07, 6.45) is 1.45. The third kappa shape index (κ3) is 3.45. The molecule has 1 heterocycles. The topological polar surface area (TPSA) is 89.9 Å². The van der Waals surface area contributed by atoms with Crippen LogP contribution in [0.3, 0.4) is 0 Å². The number of nitrogens with two attached hydrogens (primary N) is 2. The third-order valence-electron chi connectivity index (χ3n) is 2.38. The molecule has 0 amide bonds. The standard InChI is InChI=1S/C13H13BrN4O/c1-8-2-4-10(11(14)6-8)12-5-3-9(19-12)7-17-18-13(15)16/h2-7H,1H3,(H4,15,16,18)/b17-7-. The van der Waals surface area contributed by atoms with Gasteiger partial charge in [-0.1, -0.05) is 22.0 Å². The van der Waals surface area contributed by atoms with Crippen LogP contribution in [-0.2, 0) is 0 Å². The molecule has 2 rings (SSSR count). The predicted octanol–water partition coefficient (Wildman–Crippen LogP) is 2.62. The number of benzene rings is 1. The van der Waals surface area contributed by atoms with Crippen molar-refractivity contribution in [1.82, 2.24) is 0 Å². The first-order valence-corrected chi connectivity index (χ1v) is 6.34. The van der Waals surface area contributed by atoms with Crippen molar-refractivity contribution in [3.8, 4) is 11.3 Å². The number of aryl methyl sites for hydroxylation is 1. The van der Waals surface area contributed by atoms with E-state index in [1.54, 1.807) is 6.07 Å². The highest BCUT2D eigenvalue weighted by atomic mass is 79.9. The summed E-state index contributed by atoms with van der Waals surface area (Å²) in [6, 6.07) is 9.72. The van der Waals surface area contributed by atoms with Gasteiger partial charge in [-0.3, -0.25) is 0 Å². The van der Waals surface area contributed by atoms with E-state index in [9.17, 15) is 0 Å². The van der Waals surface area contributed by atoms with Crippen LogP contribution < -0.4 is 11.5 Å². The van der Waals surface area contributed by atoms with Crippen molar-refractivity contribution in [2.75, 3.05) is 0 Å². The Hall–Kier alpha value is -2.08. The second-order valence-corrected chi connectivity index (χ2v) is 4.81. The summed E-state index contributed by atoms with van der Waals surface area (Å²) in [4.78, 5) is 0. The SMILES string of the molecule is Cc1ccc(-c2ccc(/C=N\N=C(N)N)o2)c(Br)c1. The van der Waals surface area contributed by atoms with Crippen LogP contribution in [0.4, 0.5) is 0 Å². The number of halogens is 1. The monoisotopic (exact) mass is 320 g/mol. The Kier molecular flexibility index (Phi) is 4.01. The fourth-order valence-electron chi connectivity index (χ4n) is 1.54. The molecule has 1 aromatic carbocycles. The molecule has 98 valence electrons. The van der Waals surface area contributed by atoms with Crippen molar-refractivity contribution in [1.29, 1.82) is 0 Å². The second-order valence-electron chi connectivity index (χ2n) is 3.95. The van der Waals surface area contributed by atoms with Gasteiger partial charge in [0.15, 0.2) is 0 Å². The van der Waals surface area contributed by atoms with Gasteiger partial charge in [-0.25, -0.2) is 0 Å². The maximum absolute atomic E-state index is 5.64. The molecule has 2 aromatic rings. The molecule has 0 aliphatic carbocycles. The van der Waals surface area contributed by atoms with Crippen molar-refractivity contribution in [2.24, 2.45) is 21.7 Å². The lowest BCUT2D eigenvalue weighted by atomic mass is 10.1. The lowest BCUT2D eigenvalue weighted by molar-refractivity contribution is 0.574. The summed E-state index contributed by atoms with van der Waals surface area (Å²) >= 11 is 3.52. The molecule has 0 radical (unpaired) electrons. The molecule has 0 aliphatic rings. The quantitative estimate of drug-likeness (QED) is 0.517. The number of guanidine groups is 1. The molecule has 0 bridgehead atoms. The van der Waals surface area contributed by atoms with Crippen molar-refractivity contribution in [3.05, 3.63) is 46.1 Å². The number of furan rings is 1. The third-order valence-corrected chi connectivity index (χ3v) is 3.03. The molecule has 0 spiro atoms. The number of rotatable bonds is 3. The zero-order valence-electron chi connectivity index (χ0n) is 10.3. The van der Waals surface area contributed by atoms with E-state index in [4.69, 9.17) is 15.9 Å². The van der Waals surface area contributed by atoms with Crippen LogP contribution in [0.25, 0.3) is 11.3 Å². The average Bonchev–Trinajstić information content (AvgIpc) is 2.77. The first kappa shape index (κ1) is 13.4. The van der Waals surface area contributed by atoms with E-state index >= 15 is 0 Å². The zero-order chi connectivity index (χ0) is 13.8. The molecule has 0 saturated carbocycles. The van der Waals surface area contributed by atoms with Crippen LogP contribution >= 0.6 is 15.9 Å². The van der Waals surface area contributed by atoms with Crippen molar-refractivity contribution < 1.29 is 4.42 Å². The molecule has 0 aliphatic heterocycles. The van der Waals surface area contributed by atoms with E-state index in [1.807, 2.05) is 31.2 Å². The fraction of sp³-hybridized carbons (Fsp3) is 0.0769. The molecular formula is C13H13BrN4O. The molecule has 0 atom stereocenters. The van der Waals surface area contributed by atoms with Gasteiger partial charge in [0.1, 0.15) is 11.5 Å². The van der Waals surface area contributed by atoms with E-state index in [-0.39, 0.29) is 5.96 Å². The van der Waals surface area contributed by atoms with E-state index in [2.05, 4.69) is 26.1 Å². The molecule has 1 aromatic heterocycles. The molecular weight excluding hydrogens is 308 g/mol. The van der Waals surface area contributed by atoms with Crippen LogP contribution in [0.5, 0.6) is 0 Å². The van der Waals surface area contributed by atoms with Gasteiger partial charge in [0.25, 0.3) is 0 Å². The molecule has 19 heavy (non-hydrogen) atoms. The van der Waals surface area contributed by atoms with Crippen LogP contribution in [0, 0.1) is 6.92 Å². The molecule has 5 nitrogen and oxygen atoms in total. The van der Waals surface area contributed by atoms with E-state index in [0.717, 1.165) is 15.8 Å². The Morgan fingerprint density at radius 3 is 2.74 bits per heavy atom. The summed E-state index contributed by atoms with van der Waals surface area (Å²) in [6.45, 7) is 2.03. The van der Waals surface area contributed by atoms with Crippen LogP contribution in [0.2, 0.25) is 0 Å². The Morgan fingerprint density at radius 2 is 2.05 bits per heavy atom. The highest BCUT2D eigenvalue weighted by Gasteiger charge is 2.07. The van der Waals surface area contributed by atoms with E-state index in [0.29, 0.717) is 5.76 Å². The Labute approximate surface area is 119 Å². The van der Waals surface area contributed by atoms with Gasteiger partial charge in [-0.2, -0.15) is 5.10 Å². The predicted molar refractivity (Wildman–Crippen MR) is 80.0 cm³/mol.